The van der Waals surface area contributed by atoms with Crippen molar-refractivity contribution >= 4 is 0 Å². The fourth-order valence-electron chi connectivity index (χ4n) is 2.01. The number of rotatable bonds is 7. The Labute approximate surface area is 93.5 Å². The van der Waals surface area contributed by atoms with E-state index in [9.17, 15) is 0 Å². The monoisotopic (exact) mass is 209 g/mol. The van der Waals surface area contributed by atoms with E-state index >= 15 is 0 Å². The van der Waals surface area contributed by atoms with E-state index in [1.54, 1.807) is 0 Å². The molecule has 86 valence electrons. The third kappa shape index (κ3) is 4.19. The highest BCUT2D eigenvalue weighted by atomic mass is 15.2. The molecule has 0 aliphatic heterocycles. The summed E-state index contributed by atoms with van der Waals surface area (Å²) in [6.45, 7) is 5.26. The molecule has 3 heteroatoms. The SMILES string of the molecule is CCC(CC)N(C)CC(C#N)NC1CC1. The van der Waals surface area contributed by atoms with Crippen molar-refractivity contribution in [3.63, 3.8) is 0 Å². The summed E-state index contributed by atoms with van der Waals surface area (Å²) in [5, 5.41) is 12.4. The molecule has 0 saturated heterocycles. The van der Waals surface area contributed by atoms with Crippen LogP contribution in [0.1, 0.15) is 39.5 Å². The topological polar surface area (TPSA) is 39.1 Å². The number of nitrogens with one attached hydrogen (secondary N) is 1. The van der Waals surface area contributed by atoms with Crippen molar-refractivity contribution in [1.82, 2.24) is 10.2 Å². The third-order valence-electron chi connectivity index (χ3n) is 3.21. The standard InChI is InChI=1S/C12H23N3/c1-4-12(5-2)15(3)9-11(8-13)14-10-6-7-10/h10-12,14H,4-7,9H2,1-3H3. The van der Waals surface area contributed by atoms with Gasteiger partial charge in [0.25, 0.3) is 0 Å². The minimum Gasteiger partial charge on any atom is -0.301 e. The van der Waals surface area contributed by atoms with Gasteiger partial charge in [0, 0.05) is 18.6 Å². The van der Waals surface area contributed by atoms with Gasteiger partial charge in [0.1, 0.15) is 6.04 Å². The van der Waals surface area contributed by atoms with E-state index in [4.69, 9.17) is 5.26 Å². The van der Waals surface area contributed by atoms with Gasteiger partial charge in [-0.2, -0.15) is 5.26 Å². The minimum absolute atomic E-state index is 0.00287. The third-order valence-corrected chi connectivity index (χ3v) is 3.21. The van der Waals surface area contributed by atoms with E-state index in [2.05, 4.69) is 37.2 Å². The summed E-state index contributed by atoms with van der Waals surface area (Å²) in [4.78, 5) is 2.31. The Balaban J connectivity index is 2.32. The van der Waals surface area contributed by atoms with Gasteiger partial charge in [-0.3, -0.25) is 5.32 Å². The molecule has 0 amide bonds. The molecule has 0 aromatic heterocycles. The van der Waals surface area contributed by atoms with Gasteiger partial charge in [0.15, 0.2) is 0 Å². The van der Waals surface area contributed by atoms with Crippen LogP contribution in [0.2, 0.25) is 0 Å². The lowest BCUT2D eigenvalue weighted by Gasteiger charge is -2.28. The molecular weight excluding hydrogens is 186 g/mol. The number of hydrogen-bond acceptors (Lipinski definition) is 3. The van der Waals surface area contributed by atoms with Gasteiger partial charge in [-0.25, -0.2) is 0 Å². The normalized spacial score (nSPS) is 18.1. The summed E-state index contributed by atoms with van der Waals surface area (Å²) in [5.41, 5.74) is 0. The highest BCUT2D eigenvalue weighted by Gasteiger charge is 2.25. The molecule has 15 heavy (non-hydrogen) atoms. The van der Waals surface area contributed by atoms with Crippen LogP contribution in [0.3, 0.4) is 0 Å². The first kappa shape index (κ1) is 12.5. The molecule has 1 N–H and O–H groups in total. The van der Waals surface area contributed by atoms with Gasteiger partial charge >= 0.3 is 0 Å². The van der Waals surface area contributed by atoms with E-state index in [1.165, 1.54) is 12.8 Å². The van der Waals surface area contributed by atoms with Gasteiger partial charge in [0.05, 0.1) is 6.07 Å². The number of nitrogens with zero attached hydrogens (tertiary/aromatic N) is 2. The number of likely N-dealkylation sites (N-methyl/N-ethyl adjacent to an activating group) is 1. The second kappa shape index (κ2) is 6.09. The zero-order chi connectivity index (χ0) is 11.3. The predicted octanol–water partition coefficient (Wildman–Crippen LogP) is 1.75. The van der Waals surface area contributed by atoms with Crippen LogP contribution in [0, 0.1) is 11.3 Å². The Morgan fingerprint density at radius 1 is 1.40 bits per heavy atom. The summed E-state index contributed by atoms with van der Waals surface area (Å²) in [7, 11) is 2.12. The number of nitriles is 1. The predicted molar refractivity (Wildman–Crippen MR) is 62.6 cm³/mol. The van der Waals surface area contributed by atoms with Crippen LogP contribution in [-0.2, 0) is 0 Å². The highest BCUT2D eigenvalue weighted by Crippen LogP contribution is 2.19. The van der Waals surface area contributed by atoms with Gasteiger partial charge in [-0.15, -0.1) is 0 Å². The molecule has 1 atom stereocenters. The zero-order valence-electron chi connectivity index (χ0n) is 10.2. The van der Waals surface area contributed by atoms with E-state index in [1.807, 2.05) is 0 Å². The molecule has 0 radical (unpaired) electrons. The summed E-state index contributed by atoms with van der Waals surface area (Å²) in [5.74, 6) is 0. The molecule has 0 aromatic rings. The van der Waals surface area contributed by atoms with Crippen molar-refractivity contribution in [1.29, 1.82) is 5.26 Å². The van der Waals surface area contributed by atoms with Crippen molar-refractivity contribution in [2.75, 3.05) is 13.6 Å². The van der Waals surface area contributed by atoms with Gasteiger partial charge in [0.2, 0.25) is 0 Å². The maximum atomic E-state index is 9.04. The maximum Gasteiger partial charge on any atom is 0.108 e. The van der Waals surface area contributed by atoms with E-state index < -0.39 is 0 Å². The molecular formula is C12H23N3. The van der Waals surface area contributed by atoms with Crippen molar-refractivity contribution < 1.29 is 0 Å². The van der Waals surface area contributed by atoms with Crippen LogP contribution in [0.5, 0.6) is 0 Å². The Morgan fingerprint density at radius 3 is 2.40 bits per heavy atom. The van der Waals surface area contributed by atoms with E-state index in [0.717, 1.165) is 19.4 Å². The fraction of sp³-hybridized carbons (Fsp3) is 0.917. The lowest BCUT2D eigenvalue weighted by molar-refractivity contribution is 0.217. The van der Waals surface area contributed by atoms with E-state index in [0.29, 0.717) is 12.1 Å². The Kier molecular flexibility index (Phi) is 5.07. The Hall–Kier alpha value is -0.590. The molecule has 1 aliphatic rings. The van der Waals surface area contributed by atoms with Crippen molar-refractivity contribution in [2.45, 2.75) is 57.7 Å². The van der Waals surface area contributed by atoms with Gasteiger partial charge < -0.3 is 4.90 Å². The van der Waals surface area contributed by atoms with Gasteiger partial charge in [-0.05, 0) is 32.7 Å². The van der Waals surface area contributed by atoms with Crippen molar-refractivity contribution in [3.8, 4) is 6.07 Å². The quantitative estimate of drug-likeness (QED) is 0.694. The lowest BCUT2D eigenvalue weighted by Crippen LogP contribution is -2.43. The van der Waals surface area contributed by atoms with Crippen LogP contribution >= 0.6 is 0 Å². The molecule has 1 unspecified atom stereocenters. The Bertz CT molecular complexity index is 213. The largest absolute Gasteiger partial charge is 0.301 e. The van der Waals surface area contributed by atoms with Crippen LogP contribution in [0.4, 0.5) is 0 Å². The molecule has 1 aliphatic carbocycles. The Morgan fingerprint density at radius 2 is 2.00 bits per heavy atom. The summed E-state index contributed by atoms with van der Waals surface area (Å²) >= 11 is 0. The van der Waals surface area contributed by atoms with Crippen LogP contribution in [0.15, 0.2) is 0 Å². The first-order valence-corrected chi connectivity index (χ1v) is 6.07. The zero-order valence-corrected chi connectivity index (χ0v) is 10.2. The first-order valence-electron chi connectivity index (χ1n) is 6.07. The second-order valence-corrected chi connectivity index (χ2v) is 4.53. The van der Waals surface area contributed by atoms with Crippen molar-refractivity contribution in [2.24, 2.45) is 0 Å². The van der Waals surface area contributed by atoms with Crippen LogP contribution in [-0.4, -0.2) is 36.6 Å². The lowest BCUT2D eigenvalue weighted by atomic mass is 10.1. The molecule has 0 heterocycles. The average molecular weight is 209 g/mol. The fourth-order valence-corrected chi connectivity index (χ4v) is 2.01. The summed E-state index contributed by atoms with van der Waals surface area (Å²) in [6.07, 6.45) is 4.81. The maximum absolute atomic E-state index is 9.04. The molecule has 1 saturated carbocycles. The number of hydrogen-bond donors (Lipinski definition) is 1. The van der Waals surface area contributed by atoms with Crippen LogP contribution in [0.25, 0.3) is 0 Å². The second-order valence-electron chi connectivity index (χ2n) is 4.53. The summed E-state index contributed by atoms with van der Waals surface area (Å²) < 4.78 is 0. The summed E-state index contributed by atoms with van der Waals surface area (Å²) in [6, 6.07) is 3.59. The van der Waals surface area contributed by atoms with Crippen LogP contribution < -0.4 is 5.32 Å². The molecule has 3 nitrogen and oxygen atoms in total. The molecule has 0 aromatic carbocycles. The molecule has 1 rings (SSSR count). The minimum atomic E-state index is 0.00287. The molecule has 0 bridgehead atoms. The molecule has 1 fully saturated rings. The molecule has 0 spiro atoms. The van der Waals surface area contributed by atoms with E-state index in [-0.39, 0.29) is 6.04 Å². The first-order chi connectivity index (χ1) is 7.21. The highest BCUT2D eigenvalue weighted by molar-refractivity contribution is 4.97. The van der Waals surface area contributed by atoms with Gasteiger partial charge in [-0.1, -0.05) is 13.8 Å². The smallest absolute Gasteiger partial charge is 0.108 e. The average Bonchev–Trinajstić information content (AvgIpc) is 3.02. The van der Waals surface area contributed by atoms with Crippen molar-refractivity contribution in [3.05, 3.63) is 0 Å².